The molecule has 0 amide bonds. The number of hydrogen-bond donors (Lipinski definition) is 0. The van der Waals surface area contributed by atoms with Gasteiger partial charge in [0.15, 0.2) is 34.9 Å². The number of benzene rings is 8. The summed E-state index contributed by atoms with van der Waals surface area (Å²) in [6.45, 7) is 13.9. The minimum atomic E-state index is -0.421. The molecule has 0 fully saturated rings. The van der Waals surface area contributed by atoms with Crippen LogP contribution in [0.5, 0.6) is 0 Å². The molecule has 12 aromatic rings. The highest BCUT2D eigenvalue weighted by Gasteiger charge is 2.39. The van der Waals surface area contributed by atoms with Gasteiger partial charge in [0.05, 0.1) is 22.4 Å². The van der Waals surface area contributed by atoms with E-state index >= 15 is 0 Å². The van der Waals surface area contributed by atoms with Crippen molar-refractivity contribution in [3.63, 3.8) is 0 Å². The fourth-order valence-electron chi connectivity index (χ4n) is 13.1. The fourth-order valence-corrected chi connectivity index (χ4v) is 13.1. The van der Waals surface area contributed by atoms with Crippen molar-refractivity contribution in [2.45, 2.75) is 65.2 Å². The Hall–Kier alpha value is -9.66. The molecule has 0 unspecified atom stereocenters. The number of fused-ring (bicyclic) bond motifs is 7. The van der Waals surface area contributed by atoms with Crippen molar-refractivity contribution < 1.29 is 0 Å². The Morgan fingerprint density at radius 3 is 1.16 bits per heavy atom. The number of rotatable bonds is 7. The second-order valence-corrected chi connectivity index (χ2v) is 22.5. The lowest BCUT2D eigenvalue weighted by atomic mass is 9.72. The average molecular weight is 1030 g/mol. The van der Waals surface area contributed by atoms with Crippen LogP contribution in [0.4, 0.5) is 0 Å². The molecule has 0 radical (unpaired) electrons. The molecule has 8 heteroatoms. The van der Waals surface area contributed by atoms with E-state index in [9.17, 15) is 0 Å². The Kier molecular flexibility index (Phi) is 10.7. The van der Waals surface area contributed by atoms with Crippen molar-refractivity contribution >= 4 is 46.1 Å². The molecule has 384 valence electrons. The predicted octanol–water partition coefficient (Wildman–Crippen LogP) is 13.8. The summed E-state index contributed by atoms with van der Waals surface area (Å²) in [4.78, 5) is 30.8. The summed E-state index contributed by atoms with van der Waals surface area (Å²) in [7, 11) is 0. The number of hydrogen-bond acceptors (Lipinski definition) is 6. The van der Waals surface area contributed by atoms with Gasteiger partial charge in [-0.3, -0.25) is 0 Å². The number of aromatic nitrogens is 8. The Morgan fingerprint density at radius 1 is 0.362 bits per heavy atom. The van der Waals surface area contributed by atoms with Crippen LogP contribution in [0.3, 0.4) is 0 Å². The van der Waals surface area contributed by atoms with Gasteiger partial charge < -0.3 is 9.13 Å². The van der Waals surface area contributed by atoms with Crippen molar-refractivity contribution in [2.75, 3.05) is 0 Å². The monoisotopic (exact) mass is 1030 g/mol. The molecule has 0 saturated heterocycles. The molecule has 4 aromatic heterocycles. The first kappa shape index (κ1) is 47.5. The van der Waals surface area contributed by atoms with Crippen LogP contribution in [0.25, 0.3) is 137 Å². The third kappa shape index (κ3) is 7.21. The lowest BCUT2D eigenvalue weighted by Crippen LogP contribution is -2.34. The van der Waals surface area contributed by atoms with Crippen LogP contribution in [0.15, 0.2) is 182 Å². The van der Waals surface area contributed by atoms with Crippen LogP contribution in [-0.2, 0) is 10.8 Å². The standard InChI is InChI=1S/C72H56N8/c1-7-51-53-37-49(41-57-63(53)79(59(51)8-2)61-35-33-47(39-55(61)71(57,3)4)69-75-65(43-23-13-9-14-24-43)73-66(76-69)44-25-15-10-16-26-44)50-38-54-52-31-21-22-32-60(52)80-62-36-34-48(40-56(62)72(5,6)58(42-50)64(54)80)70-77-67(45-27-17-11-18-28-45)74-68(78-70)46-29-19-12-20-30-46/h7-20,23-42H,21-22H2,1-6H3. The van der Waals surface area contributed by atoms with Gasteiger partial charge in [0.25, 0.3) is 0 Å². The highest BCUT2D eigenvalue weighted by Crippen LogP contribution is 2.49. The van der Waals surface area contributed by atoms with Crippen molar-refractivity contribution in [1.82, 2.24) is 39.0 Å². The van der Waals surface area contributed by atoms with Crippen molar-refractivity contribution in [3.8, 4) is 90.8 Å². The van der Waals surface area contributed by atoms with E-state index in [0.29, 0.717) is 34.9 Å². The van der Waals surface area contributed by atoms with Crippen LogP contribution < -0.4 is 21.1 Å². The zero-order valence-corrected chi connectivity index (χ0v) is 45.6. The zero-order valence-electron chi connectivity index (χ0n) is 45.6. The SMILES string of the molecule is CC=c1c(=CC)n2c3c(cc(-c4cc5c6c(c4)c4c(n6-c6ccc(-c7nc(-c8ccccc8)nc(-c8ccccc8)n7)cc6C5(C)C)=CCCC=4)cc13)C(C)(C)c1cc(-c3nc(-c4ccccc4)nc(-c4ccccc4)n3)ccc1-2. The molecule has 3 aliphatic rings. The van der Waals surface area contributed by atoms with Crippen molar-refractivity contribution in [1.29, 1.82) is 0 Å². The summed E-state index contributed by atoms with van der Waals surface area (Å²) in [5.41, 5.74) is 17.2. The maximum absolute atomic E-state index is 5.19. The van der Waals surface area contributed by atoms with Gasteiger partial charge >= 0.3 is 0 Å². The Bertz CT molecular complexity index is 4440. The largest absolute Gasteiger partial charge is 0.309 e. The average Bonchev–Trinajstić information content (AvgIpc) is 3.45. The smallest absolute Gasteiger partial charge is 0.164 e. The summed E-state index contributed by atoms with van der Waals surface area (Å²) in [6.07, 6.45) is 11.5. The summed E-state index contributed by atoms with van der Waals surface area (Å²) in [6, 6.07) is 64.4. The van der Waals surface area contributed by atoms with Gasteiger partial charge in [-0.15, -0.1) is 0 Å². The maximum atomic E-state index is 5.19. The minimum absolute atomic E-state index is 0.410. The van der Waals surface area contributed by atoms with Gasteiger partial charge in [0, 0.05) is 76.1 Å². The van der Waals surface area contributed by atoms with Crippen LogP contribution in [0, 0.1) is 0 Å². The second-order valence-electron chi connectivity index (χ2n) is 22.5. The first-order valence-electron chi connectivity index (χ1n) is 27.8. The fraction of sp³-hybridized carbons (Fsp3) is 0.139. The predicted molar refractivity (Wildman–Crippen MR) is 326 cm³/mol. The molecule has 6 heterocycles. The van der Waals surface area contributed by atoms with E-state index < -0.39 is 10.8 Å². The quantitative estimate of drug-likeness (QED) is 0.158. The number of nitrogens with zero attached hydrogens (tertiary/aromatic N) is 8. The van der Waals surface area contributed by atoms with Crippen LogP contribution in [-0.4, -0.2) is 39.0 Å². The van der Waals surface area contributed by atoms with Crippen molar-refractivity contribution in [3.05, 3.63) is 225 Å². The molecule has 2 aliphatic heterocycles. The molecule has 0 N–H and O–H groups in total. The Morgan fingerprint density at radius 2 is 0.738 bits per heavy atom. The molecular formula is C72H56N8. The summed E-state index contributed by atoms with van der Waals surface area (Å²) in [5.74, 6) is 3.88. The van der Waals surface area contributed by atoms with Gasteiger partial charge in [-0.2, -0.15) is 0 Å². The van der Waals surface area contributed by atoms with Gasteiger partial charge in [0.1, 0.15) is 0 Å². The van der Waals surface area contributed by atoms with Crippen LogP contribution >= 0.6 is 0 Å². The van der Waals surface area contributed by atoms with Crippen molar-refractivity contribution in [2.24, 2.45) is 0 Å². The third-order valence-corrected chi connectivity index (χ3v) is 17.1. The second kappa shape index (κ2) is 17.9. The van der Waals surface area contributed by atoms with E-state index in [1.807, 2.05) is 72.8 Å². The van der Waals surface area contributed by atoms with E-state index in [1.165, 1.54) is 87.7 Å². The molecule has 8 aromatic carbocycles. The lowest BCUT2D eigenvalue weighted by molar-refractivity contribution is 0.626. The highest BCUT2D eigenvalue weighted by atomic mass is 15.1. The van der Waals surface area contributed by atoms with Crippen LogP contribution in [0.2, 0.25) is 0 Å². The molecule has 0 saturated carbocycles. The Balaban J connectivity index is 0.911. The molecule has 0 atom stereocenters. The minimum Gasteiger partial charge on any atom is -0.309 e. The molecular weight excluding hydrogens is 977 g/mol. The molecule has 80 heavy (non-hydrogen) atoms. The van der Waals surface area contributed by atoms with Gasteiger partial charge in [-0.1, -0.05) is 173 Å². The van der Waals surface area contributed by atoms with E-state index in [4.69, 9.17) is 29.9 Å². The molecule has 15 rings (SSSR count). The lowest BCUT2D eigenvalue weighted by Gasteiger charge is -2.36. The molecule has 8 nitrogen and oxygen atoms in total. The van der Waals surface area contributed by atoms with Crippen LogP contribution in [0.1, 0.15) is 76.6 Å². The van der Waals surface area contributed by atoms with E-state index in [2.05, 4.69) is 184 Å². The van der Waals surface area contributed by atoms with E-state index in [0.717, 1.165) is 46.2 Å². The molecule has 0 spiro atoms. The highest BCUT2D eigenvalue weighted by molar-refractivity contribution is 5.98. The topological polar surface area (TPSA) is 87.2 Å². The van der Waals surface area contributed by atoms with Gasteiger partial charge in [0.2, 0.25) is 0 Å². The third-order valence-electron chi connectivity index (χ3n) is 17.1. The molecule has 1 aliphatic carbocycles. The Labute approximate surface area is 464 Å². The summed E-state index contributed by atoms with van der Waals surface area (Å²) >= 11 is 0. The zero-order chi connectivity index (χ0) is 54.0. The van der Waals surface area contributed by atoms with E-state index in [-0.39, 0.29) is 0 Å². The normalized spacial score (nSPS) is 14.8. The first-order chi connectivity index (χ1) is 39.1. The molecule has 0 bridgehead atoms. The summed E-state index contributed by atoms with van der Waals surface area (Å²) in [5, 5.41) is 7.53. The summed E-state index contributed by atoms with van der Waals surface area (Å²) < 4.78 is 5.04. The van der Waals surface area contributed by atoms with E-state index in [1.54, 1.807) is 0 Å². The maximum Gasteiger partial charge on any atom is 0.164 e. The van der Waals surface area contributed by atoms with Gasteiger partial charge in [-0.05, 0) is 121 Å². The first-order valence-corrected chi connectivity index (χ1v) is 27.8. The van der Waals surface area contributed by atoms with Gasteiger partial charge in [-0.25, -0.2) is 29.9 Å².